The first-order chi connectivity index (χ1) is 18.7. The van der Waals surface area contributed by atoms with E-state index in [9.17, 15) is 28.8 Å². The number of urea groups is 2. The third-order valence-corrected chi connectivity index (χ3v) is 6.67. The normalized spacial score (nSPS) is 17.7. The molecule has 10 nitrogen and oxygen atoms in total. The maximum Gasteiger partial charge on any atom is 0.333 e. The van der Waals surface area contributed by atoms with Gasteiger partial charge in [0.15, 0.2) is 0 Å². The molecule has 2 aliphatic heterocycles. The fourth-order valence-electron chi connectivity index (χ4n) is 4.25. The van der Waals surface area contributed by atoms with Gasteiger partial charge in [-0.25, -0.2) is 9.59 Å². The van der Waals surface area contributed by atoms with Crippen LogP contribution < -0.4 is 0 Å². The van der Waals surface area contributed by atoms with Crippen molar-refractivity contribution in [2.24, 2.45) is 5.92 Å². The zero-order valence-corrected chi connectivity index (χ0v) is 23.7. The lowest BCUT2D eigenvalue weighted by atomic mass is 10.0. The molecule has 0 radical (unpaired) electrons. The molecule has 214 valence electrons. The quantitative estimate of drug-likeness (QED) is 0.131. The Balaban J connectivity index is 2.25. The van der Waals surface area contributed by atoms with E-state index in [2.05, 4.69) is 0 Å². The van der Waals surface area contributed by atoms with Gasteiger partial charge in [-0.1, -0.05) is 77.7 Å². The SMILES string of the molecule is CCCCN1C(=O)C(=C/C=C/C=C\C2C(=O)N(CCCC)C(=O)N(CCCC)C2=O)C(=O)N(CCCC)C1=O. The highest BCUT2D eigenvalue weighted by molar-refractivity contribution is 6.28. The van der Waals surface area contributed by atoms with Gasteiger partial charge in [0.25, 0.3) is 11.8 Å². The maximum absolute atomic E-state index is 13.0. The van der Waals surface area contributed by atoms with Gasteiger partial charge in [-0.05, 0) is 31.8 Å². The van der Waals surface area contributed by atoms with Crippen LogP contribution in [-0.4, -0.2) is 81.5 Å². The maximum atomic E-state index is 13.0. The van der Waals surface area contributed by atoms with Gasteiger partial charge < -0.3 is 0 Å². The van der Waals surface area contributed by atoms with Gasteiger partial charge >= 0.3 is 12.1 Å². The molecule has 2 fully saturated rings. The van der Waals surface area contributed by atoms with Gasteiger partial charge in [0.1, 0.15) is 11.5 Å². The summed E-state index contributed by atoms with van der Waals surface area (Å²) in [6, 6.07) is -1.15. The molecular formula is C29H42N4O6. The molecule has 0 atom stereocenters. The topological polar surface area (TPSA) is 115 Å². The first kappa shape index (κ1) is 31.7. The number of allylic oxidation sites excluding steroid dienone is 4. The Bertz CT molecular complexity index is 969. The molecule has 0 unspecified atom stereocenters. The number of imide groups is 4. The summed E-state index contributed by atoms with van der Waals surface area (Å²) in [5.41, 5.74) is -0.113. The molecule has 0 bridgehead atoms. The minimum atomic E-state index is -1.13. The van der Waals surface area contributed by atoms with E-state index in [0.717, 1.165) is 45.3 Å². The van der Waals surface area contributed by atoms with Crippen LogP contribution in [0.3, 0.4) is 0 Å². The molecule has 0 saturated carbocycles. The Morgan fingerprint density at radius 2 is 0.923 bits per heavy atom. The van der Waals surface area contributed by atoms with Crippen molar-refractivity contribution >= 4 is 35.7 Å². The average molecular weight is 543 g/mol. The lowest BCUT2D eigenvalue weighted by Crippen LogP contribution is -2.59. The van der Waals surface area contributed by atoms with Crippen LogP contribution in [0.4, 0.5) is 9.59 Å². The van der Waals surface area contributed by atoms with Crippen LogP contribution >= 0.6 is 0 Å². The summed E-state index contributed by atoms with van der Waals surface area (Å²) < 4.78 is 0. The second kappa shape index (κ2) is 15.8. The van der Waals surface area contributed by atoms with Crippen molar-refractivity contribution in [3.63, 3.8) is 0 Å². The van der Waals surface area contributed by atoms with Crippen LogP contribution in [0, 0.1) is 5.92 Å². The number of amides is 8. The summed E-state index contributed by atoms with van der Waals surface area (Å²) in [5.74, 6) is -3.49. The highest BCUT2D eigenvalue weighted by atomic mass is 16.2. The zero-order chi connectivity index (χ0) is 28.9. The van der Waals surface area contributed by atoms with Gasteiger partial charge in [0, 0.05) is 26.2 Å². The van der Waals surface area contributed by atoms with E-state index in [1.54, 1.807) is 0 Å². The van der Waals surface area contributed by atoms with Crippen LogP contribution in [0.5, 0.6) is 0 Å². The molecule has 2 aliphatic rings. The number of rotatable bonds is 15. The van der Waals surface area contributed by atoms with Gasteiger partial charge in [0.2, 0.25) is 11.8 Å². The molecule has 0 spiro atoms. The van der Waals surface area contributed by atoms with Crippen molar-refractivity contribution in [2.45, 2.75) is 79.1 Å². The van der Waals surface area contributed by atoms with Gasteiger partial charge in [-0.3, -0.25) is 38.8 Å². The lowest BCUT2D eigenvalue weighted by molar-refractivity contribution is -0.147. The van der Waals surface area contributed by atoms with Gasteiger partial charge in [0.05, 0.1) is 0 Å². The fraction of sp³-hybridized carbons (Fsp3) is 0.586. The van der Waals surface area contributed by atoms with Crippen molar-refractivity contribution in [1.82, 2.24) is 19.6 Å². The van der Waals surface area contributed by atoms with E-state index in [1.807, 2.05) is 27.7 Å². The Morgan fingerprint density at radius 1 is 0.538 bits per heavy atom. The molecule has 0 aromatic heterocycles. The van der Waals surface area contributed by atoms with Crippen molar-refractivity contribution in [1.29, 1.82) is 0 Å². The van der Waals surface area contributed by atoms with Gasteiger partial charge in [-0.15, -0.1) is 0 Å². The predicted octanol–water partition coefficient (Wildman–Crippen LogP) is 4.42. The number of carbonyl (C=O) groups is 6. The van der Waals surface area contributed by atoms with Gasteiger partial charge in [-0.2, -0.15) is 0 Å². The molecule has 2 saturated heterocycles. The van der Waals surface area contributed by atoms with E-state index in [1.165, 1.54) is 30.4 Å². The summed E-state index contributed by atoms with van der Waals surface area (Å²) in [7, 11) is 0. The summed E-state index contributed by atoms with van der Waals surface area (Å²) >= 11 is 0. The minimum absolute atomic E-state index is 0.113. The third kappa shape index (κ3) is 7.74. The Morgan fingerprint density at radius 3 is 1.33 bits per heavy atom. The Kier molecular flexibility index (Phi) is 12.8. The van der Waals surface area contributed by atoms with Crippen LogP contribution in [0.1, 0.15) is 79.1 Å². The standard InChI is InChI=1S/C29H42N4O6/c1-5-9-18-30-24(34)22(25(35)31(28(30)38)19-10-6-2)16-14-13-15-17-23-26(36)32(20-11-7-3)29(39)33(27(23)37)21-12-8-4/h13-17,22H,5-12,18-21H2,1-4H3/b15-13+,16-14-. The highest BCUT2D eigenvalue weighted by Gasteiger charge is 2.44. The summed E-state index contributed by atoms with van der Waals surface area (Å²) in [6.45, 7) is 8.80. The summed E-state index contributed by atoms with van der Waals surface area (Å²) in [5, 5.41) is 0. The number of hydrogen-bond donors (Lipinski definition) is 0. The second-order valence-electron chi connectivity index (χ2n) is 9.70. The van der Waals surface area contributed by atoms with E-state index in [4.69, 9.17) is 0 Å². The predicted molar refractivity (Wildman–Crippen MR) is 147 cm³/mol. The van der Waals surface area contributed by atoms with Crippen molar-refractivity contribution < 1.29 is 28.8 Å². The van der Waals surface area contributed by atoms with Crippen molar-refractivity contribution in [3.8, 4) is 0 Å². The Hall–Kier alpha value is -3.56. The lowest BCUT2D eigenvalue weighted by Gasteiger charge is -2.36. The van der Waals surface area contributed by atoms with Crippen LogP contribution in [0.25, 0.3) is 0 Å². The number of hydrogen-bond acceptors (Lipinski definition) is 6. The molecule has 8 amide bonds. The smallest absolute Gasteiger partial charge is 0.273 e. The minimum Gasteiger partial charge on any atom is -0.273 e. The molecule has 2 rings (SSSR count). The average Bonchev–Trinajstić information content (AvgIpc) is 2.91. The largest absolute Gasteiger partial charge is 0.333 e. The fourth-order valence-corrected chi connectivity index (χ4v) is 4.25. The van der Waals surface area contributed by atoms with Crippen LogP contribution in [0.15, 0.2) is 36.0 Å². The molecule has 0 aromatic carbocycles. The van der Waals surface area contributed by atoms with E-state index >= 15 is 0 Å². The molecule has 39 heavy (non-hydrogen) atoms. The molecule has 0 aromatic rings. The summed E-state index contributed by atoms with van der Waals surface area (Å²) in [6.07, 6.45) is 13.0. The third-order valence-electron chi connectivity index (χ3n) is 6.67. The van der Waals surface area contributed by atoms with E-state index in [-0.39, 0.29) is 31.8 Å². The zero-order valence-electron chi connectivity index (χ0n) is 23.7. The van der Waals surface area contributed by atoms with E-state index in [0.29, 0.717) is 25.7 Å². The van der Waals surface area contributed by atoms with Crippen LogP contribution in [-0.2, 0) is 19.2 Å². The monoisotopic (exact) mass is 542 g/mol. The number of nitrogens with zero attached hydrogens (tertiary/aromatic N) is 4. The molecular weight excluding hydrogens is 500 g/mol. The first-order valence-electron chi connectivity index (χ1n) is 14.1. The van der Waals surface area contributed by atoms with Crippen molar-refractivity contribution in [3.05, 3.63) is 36.0 Å². The molecule has 0 N–H and O–H groups in total. The summed E-state index contributed by atoms with van der Waals surface area (Å²) in [4.78, 5) is 82.0. The number of carbonyl (C=O) groups excluding carboxylic acids is 6. The molecule has 0 aliphatic carbocycles. The molecule has 10 heteroatoms. The van der Waals surface area contributed by atoms with E-state index < -0.39 is 41.6 Å². The Labute approximate surface area is 231 Å². The highest BCUT2D eigenvalue weighted by Crippen LogP contribution is 2.22. The first-order valence-corrected chi connectivity index (χ1v) is 14.1. The van der Waals surface area contributed by atoms with Crippen LogP contribution in [0.2, 0.25) is 0 Å². The number of unbranched alkanes of at least 4 members (excludes halogenated alkanes) is 4. The van der Waals surface area contributed by atoms with Crippen molar-refractivity contribution in [2.75, 3.05) is 26.2 Å². The number of barbiturate groups is 2. The second-order valence-corrected chi connectivity index (χ2v) is 9.70. The molecule has 2 heterocycles.